The summed E-state index contributed by atoms with van der Waals surface area (Å²) >= 11 is 0. The van der Waals surface area contributed by atoms with Gasteiger partial charge in [0.2, 0.25) is 23.4 Å². The molecule has 0 saturated heterocycles. The molecule has 4 aromatic rings. The standard InChI is InChI=1S/C25H22F3N5O4/c1-14(2)22(30-19(34)13-33-18-9-4-3-8-17(18)29-12-21(33)35)23(36)24-31-20(37-32-24)11-15-6-5-7-16(10-15)25(26,27)28/h3-10,12,14,22H,11,13H2,1-2H3,(H,30,34)/t22-/m0/s1. The number of alkyl halides is 3. The Morgan fingerprint density at radius 2 is 1.86 bits per heavy atom. The van der Waals surface area contributed by atoms with Crippen molar-refractivity contribution >= 4 is 22.7 Å². The Balaban J connectivity index is 1.48. The summed E-state index contributed by atoms with van der Waals surface area (Å²) in [5, 5.41) is 6.28. The minimum atomic E-state index is -4.50. The maximum Gasteiger partial charge on any atom is 0.416 e. The second-order valence-corrected chi connectivity index (χ2v) is 8.71. The van der Waals surface area contributed by atoms with Crippen molar-refractivity contribution < 1.29 is 27.3 Å². The zero-order valence-corrected chi connectivity index (χ0v) is 19.8. The molecule has 0 fully saturated rings. The zero-order chi connectivity index (χ0) is 26.7. The molecule has 1 amide bonds. The molecular formula is C25H22F3N5O4. The molecule has 1 N–H and O–H groups in total. The number of amides is 1. The number of ketones is 1. The molecule has 12 heteroatoms. The van der Waals surface area contributed by atoms with Crippen LogP contribution in [0.2, 0.25) is 0 Å². The molecule has 0 aliphatic heterocycles. The Kier molecular flexibility index (Phi) is 7.18. The van der Waals surface area contributed by atoms with Gasteiger partial charge in [0.1, 0.15) is 6.54 Å². The van der Waals surface area contributed by atoms with Gasteiger partial charge in [-0.1, -0.05) is 49.3 Å². The van der Waals surface area contributed by atoms with Crippen LogP contribution in [-0.4, -0.2) is 37.4 Å². The van der Waals surface area contributed by atoms with Crippen LogP contribution in [0.15, 0.2) is 64.0 Å². The molecule has 0 saturated carbocycles. The van der Waals surface area contributed by atoms with Gasteiger partial charge in [-0.15, -0.1) is 0 Å². The van der Waals surface area contributed by atoms with Gasteiger partial charge in [0.15, 0.2) is 0 Å². The molecule has 192 valence electrons. The van der Waals surface area contributed by atoms with Crippen molar-refractivity contribution in [2.45, 2.75) is 39.0 Å². The average Bonchev–Trinajstić information content (AvgIpc) is 3.32. The lowest BCUT2D eigenvalue weighted by atomic mass is 9.99. The predicted octanol–water partition coefficient (Wildman–Crippen LogP) is 3.41. The maximum absolute atomic E-state index is 13.1. The zero-order valence-electron chi connectivity index (χ0n) is 19.8. The first-order valence-corrected chi connectivity index (χ1v) is 11.3. The molecule has 2 heterocycles. The van der Waals surface area contributed by atoms with E-state index in [1.807, 2.05) is 0 Å². The number of hydrogen-bond donors (Lipinski definition) is 1. The topological polar surface area (TPSA) is 120 Å². The highest BCUT2D eigenvalue weighted by Crippen LogP contribution is 2.30. The molecule has 0 radical (unpaired) electrons. The number of nitrogens with one attached hydrogen (secondary N) is 1. The largest absolute Gasteiger partial charge is 0.416 e. The van der Waals surface area contributed by atoms with Gasteiger partial charge in [0.05, 0.1) is 35.3 Å². The number of nitrogens with zero attached hydrogens (tertiary/aromatic N) is 4. The third-order valence-corrected chi connectivity index (χ3v) is 5.62. The van der Waals surface area contributed by atoms with Crippen molar-refractivity contribution in [3.8, 4) is 0 Å². The minimum absolute atomic E-state index is 0.0497. The summed E-state index contributed by atoms with van der Waals surface area (Å²) in [6, 6.07) is 10.5. The number of carbonyl (C=O) groups is 2. The predicted molar refractivity (Wildman–Crippen MR) is 126 cm³/mol. The van der Waals surface area contributed by atoms with Gasteiger partial charge in [-0.25, -0.2) is 4.98 Å². The quantitative estimate of drug-likeness (QED) is 0.359. The summed E-state index contributed by atoms with van der Waals surface area (Å²) < 4.78 is 45.2. The lowest BCUT2D eigenvalue weighted by Gasteiger charge is -2.20. The van der Waals surface area contributed by atoms with E-state index in [9.17, 15) is 27.6 Å². The van der Waals surface area contributed by atoms with Crippen LogP contribution in [0.25, 0.3) is 11.0 Å². The highest BCUT2D eigenvalue weighted by molar-refractivity contribution is 5.99. The first kappa shape index (κ1) is 25.7. The fourth-order valence-electron chi connectivity index (χ4n) is 3.77. The third-order valence-electron chi connectivity index (χ3n) is 5.62. The first-order valence-electron chi connectivity index (χ1n) is 11.3. The maximum atomic E-state index is 13.1. The Labute approximate surface area is 208 Å². The van der Waals surface area contributed by atoms with Gasteiger partial charge in [-0.2, -0.15) is 18.2 Å². The number of aromatic nitrogens is 4. The monoisotopic (exact) mass is 513 g/mol. The van der Waals surface area contributed by atoms with Crippen molar-refractivity contribution in [3.63, 3.8) is 0 Å². The lowest BCUT2D eigenvalue weighted by molar-refractivity contribution is -0.137. The minimum Gasteiger partial charge on any atom is -0.344 e. The summed E-state index contributed by atoms with van der Waals surface area (Å²) in [7, 11) is 0. The van der Waals surface area contributed by atoms with E-state index in [-0.39, 0.29) is 36.2 Å². The van der Waals surface area contributed by atoms with Crippen LogP contribution in [0.4, 0.5) is 13.2 Å². The molecule has 0 spiro atoms. The van der Waals surface area contributed by atoms with Crippen LogP contribution >= 0.6 is 0 Å². The Morgan fingerprint density at radius 3 is 2.59 bits per heavy atom. The fourth-order valence-corrected chi connectivity index (χ4v) is 3.77. The molecule has 0 aliphatic rings. The van der Waals surface area contributed by atoms with Crippen LogP contribution in [0.1, 0.15) is 41.5 Å². The molecule has 4 rings (SSSR count). The summed E-state index contributed by atoms with van der Waals surface area (Å²) in [4.78, 5) is 46.3. The van der Waals surface area contributed by atoms with Crippen molar-refractivity contribution in [2.75, 3.05) is 0 Å². The molecule has 0 aliphatic carbocycles. The van der Waals surface area contributed by atoms with Crippen molar-refractivity contribution in [3.05, 3.63) is 87.9 Å². The molecule has 37 heavy (non-hydrogen) atoms. The van der Waals surface area contributed by atoms with Crippen molar-refractivity contribution in [1.29, 1.82) is 0 Å². The number of Topliss-reactive ketones (excluding diaryl/α,β-unsaturated/α-hetero) is 1. The van der Waals surface area contributed by atoms with Crippen LogP contribution in [0.3, 0.4) is 0 Å². The number of fused-ring (bicyclic) bond motifs is 1. The van der Waals surface area contributed by atoms with Gasteiger partial charge in [0.25, 0.3) is 5.56 Å². The van der Waals surface area contributed by atoms with E-state index in [2.05, 4.69) is 20.4 Å². The Hall–Kier alpha value is -4.35. The van der Waals surface area contributed by atoms with E-state index >= 15 is 0 Å². The van der Waals surface area contributed by atoms with E-state index in [4.69, 9.17) is 4.52 Å². The SMILES string of the molecule is CC(C)[C@H](NC(=O)Cn1c(=O)cnc2ccccc21)C(=O)c1noc(Cc2cccc(C(F)(F)F)c2)n1. The highest BCUT2D eigenvalue weighted by Gasteiger charge is 2.31. The van der Waals surface area contributed by atoms with Crippen LogP contribution < -0.4 is 10.9 Å². The molecule has 2 aromatic carbocycles. The fraction of sp³-hybridized carbons (Fsp3) is 0.280. The van der Waals surface area contributed by atoms with Crippen LogP contribution in [0.5, 0.6) is 0 Å². The molecule has 1 atom stereocenters. The summed E-state index contributed by atoms with van der Waals surface area (Å²) in [5.41, 5.74) is -0.00850. The normalized spacial score (nSPS) is 12.6. The molecular weight excluding hydrogens is 491 g/mol. The van der Waals surface area contributed by atoms with Gasteiger partial charge in [0, 0.05) is 0 Å². The van der Waals surface area contributed by atoms with Gasteiger partial charge in [-0.3, -0.25) is 19.0 Å². The molecule has 0 bridgehead atoms. The summed E-state index contributed by atoms with van der Waals surface area (Å²) in [6.45, 7) is 3.08. The Morgan fingerprint density at radius 1 is 1.11 bits per heavy atom. The van der Waals surface area contributed by atoms with Gasteiger partial charge < -0.3 is 9.84 Å². The van der Waals surface area contributed by atoms with Crippen molar-refractivity contribution in [2.24, 2.45) is 5.92 Å². The van der Waals surface area contributed by atoms with E-state index < -0.39 is 35.0 Å². The van der Waals surface area contributed by atoms with E-state index in [0.717, 1.165) is 18.3 Å². The van der Waals surface area contributed by atoms with E-state index in [1.165, 1.54) is 16.7 Å². The molecule has 2 aromatic heterocycles. The molecule has 0 unspecified atom stereocenters. The second kappa shape index (κ2) is 10.3. The van der Waals surface area contributed by atoms with Gasteiger partial charge in [-0.05, 0) is 29.7 Å². The van der Waals surface area contributed by atoms with Gasteiger partial charge >= 0.3 is 6.18 Å². The average molecular weight is 513 g/mol. The van der Waals surface area contributed by atoms with Crippen LogP contribution in [0, 0.1) is 5.92 Å². The van der Waals surface area contributed by atoms with E-state index in [1.54, 1.807) is 38.1 Å². The number of carbonyl (C=O) groups excluding carboxylic acids is 2. The van der Waals surface area contributed by atoms with Crippen LogP contribution in [-0.2, 0) is 23.9 Å². The molecule has 9 nitrogen and oxygen atoms in total. The smallest absolute Gasteiger partial charge is 0.344 e. The lowest BCUT2D eigenvalue weighted by Crippen LogP contribution is -2.46. The third kappa shape index (κ3) is 5.90. The second-order valence-electron chi connectivity index (χ2n) is 8.71. The number of halogens is 3. The Bertz CT molecular complexity index is 1510. The number of para-hydroxylation sites is 2. The number of rotatable bonds is 8. The highest BCUT2D eigenvalue weighted by atomic mass is 19.4. The van der Waals surface area contributed by atoms with E-state index in [0.29, 0.717) is 11.0 Å². The summed E-state index contributed by atoms with van der Waals surface area (Å²) in [6.07, 6.45) is -3.49. The van der Waals surface area contributed by atoms with Crippen molar-refractivity contribution in [1.82, 2.24) is 25.0 Å². The first-order chi connectivity index (χ1) is 17.5. The summed E-state index contributed by atoms with van der Waals surface area (Å²) in [5.74, 6) is -1.95. The number of benzene rings is 2. The number of hydrogen-bond acceptors (Lipinski definition) is 7.